The number of rotatable bonds is 4. The lowest BCUT2D eigenvalue weighted by Gasteiger charge is -2.36. The quantitative estimate of drug-likeness (QED) is 0.599. The monoisotopic (exact) mass is 458 g/mol. The van der Waals surface area contributed by atoms with Crippen LogP contribution in [0.5, 0.6) is 0 Å². The zero-order valence-corrected chi connectivity index (χ0v) is 18.1. The highest BCUT2D eigenvalue weighted by Crippen LogP contribution is 2.39. The Morgan fingerprint density at radius 2 is 1.97 bits per heavy atom. The number of anilines is 1. The van der Waals surface area contributed by atoms with Crippen LogP contribution >= 0.6 is 11.5 Å². The molecule has 3 aromatic rings. The Balaban J connectivity index is 1.57. The minimum Gasteiger partial charge on any atom is -0.328 e. The molecule has 32 heavy (non-hydrogen) atoms. The fraction of sp³-hybridized carbons (Fsp3) is 0.381. The Morgan fingerprint density at radius 1 is 1.19 bits per heavy atom. The number of carbonyl (C=O) groups excluding carboxylic acids is 2. The van der Waals surface area contributed by atoms with E-state index >= 15 is 0 Å². The molecule has 1 saturated heterocycles. The molecule has 0 N–H and O–H groups in total. The van der Waals surface area contributed by atoms with Crippen molar-refractivity contribution in [2.24, 2.45) is 0 Å². The van der Waals surface area contributed by atoms with Gasteiger partial charge in [0, 0.05) is 31.6 Å². The zero-order valence-electron chi connectivity index (χ0n) is 17.3. The van der Waals surface area contributed by atoms with E-state index in [0.717, 1.165) is 23.6 Å². The van der Waals surface area contributed by atoms with Gasteiger partial charge in [0.15, 0.2) is 29.1 Å². The van der Waals surface area contributed by atoms with Crippen molar-refractivity contribution in [1.82, 2.24) is 23.8 Å². The van der Waals surface area contributed by atoms with Gasteiger partial charge in [0.2, 0.25) is 5.91 Å². The first-order valence-corrected chi connectivity index (χ1v) is 11.1. The van der Waals surface area contributed by atoms with Crippen molar-refractivity contribution in [1.29, 1.82) is 0 Å². The van der Waals surface area contributed by atoms with E-state index in [1.54, 1.807) is 9.80 Å². The predicted octanol–water partition coefficient (Wildman–Crippen LogP) is 3.35. The molecule has 2 aliphatic rings. The molecule has 0 aliphatic carbocycles. The maximum atomic E-state index is 13.3. The summed E-state index contributed by atoms with van der Waals surface area (Å²) in [6.07, 6.45) is 1.18. The Bertz CT molecular complexity index is 1190. The van der Waals surface area contributed by atoms with Crippen molar-refractivity contribution >= 4 is 29.2 Å². The lowest BCUT2D eigenvalue weighted by molar-refractivity contribution is -0.117. The third-order valence-electron chi connectivity index (χ3n) is 5.88. The van der Waals surface area contributed by atoms with Crippen molar-refractivity contribution in [3.63, 3.8) is 0 Å². The second kappa shape index (κ2) is 8.05. The summed E-state index contributed by atoms with van der Waals surface area (Å²) in [5.74, 6) is 0.471. The fourth-order valence-corrected chi connectivity index (χ4v) is 4.97. The molecule has 11 heteroatoms. The van der Waals surface area contributed by atoms with Crippen LogP contribution in [-0.4, -0.2) is 48.7 Å². The molecule has 1 fully saturated rings. The van der Waals surface area contributed by atoms with Gasteiger partial charge in [-0.25, -0.2) is 18.7 Å². The number of alkyl halides is 1. The summed E-state index contributed by atoms with van der Waals surface area (Å²) in [7, 11) is 0. The van der Waals surface area contributed by atoms with Crippen LogP contribution in [0.3, 0.4) is 0 Å². The summed E-state index contributed by atoms with van der Waals surface area (Å²) < 4.78 is 32.3. The summed E-state index contributed by atoms with van der Waals surface area (Å²) in [6.45, 7) is 2.50. The number of nitrogens with zero attached hydrogens (tertiary/aromatic N) is 6. The molecule has 0 unspecified atom stereocenters. The van der Waals surface area contributed by atoms with Gasteiger partial charge >= 0.3 is 0 Å². The van der Waals surface area contributed by atoms with Crippen LogP contribution < -0.4 is 4.90 Å². The fourth-order valence-electron chi connectivity index (χ4n) is 4.31. The number of fused-ring (bicyclic) bond motifs is 1. The van der Waals surface area contributed by atoms with Crippen molar-refractivity contribution in [2.45, 2.75) is 39.0 Å². The number of imidazole rings is 1. The van der Waals surface area contributed by atoms with Crippen molar-refractivity contribution in [2.75, 3.05) is 18.0 Å². The number of hydrogen-bond donors (Lipinski definition) is 0. The molecule has 1 atom stereocenters. The third kappa shape index (κ3) is 3.36. The Hall–Kier alpha value is -3.21. The molecule has 0 spiro atoms. The Labute approximate surface area is 186 Å². The normalized spacial score (nSPS) is 18.3. The molecule has 2 aliphatic heterocycles. The van der Waals surface area contributed by atoms with Crippen molar-refractivity contribution in [3.8, 4) is 10.8 Å². The second-order valence-corrected chi connectivity index (χ2v) is 8.53. The Morgan fingerprint density at radius 3 is 2.62 bits per heavy atom. The molecule has 8 nitrogen and oxygen atoms in total. The molecular formula is C21H20F2N6O2S. The summed E-state index contributed by atoms with van der Waals surface area (Å²) in [5.41, 5.74) is 1.12. The first kappa shape index (κ1) is 20.7. The average molecular weight is 458 g/mol. The summed E-state index contributed by atoms with van der Waals surface area (Å²) in [6, 6.07) is 5.06. The highest BCUT2D eigenvalue weighted by atomic mass is 32.1. The highest BCUT2D eigenvalue weighted by molar-refractivity contribution is 7.09. The first-order valence-electron chi connectivity index (χ1n) is 10.3. The lowest BCUT2D eigenvalue weighted by atomic mass is 10.1. The van der Waals surface area contributed by atoms with Gasteiger partial charge in [0.1, 0.15) is 5.82 Å². The number of hydrogen-bond acceptors (Lipinski definition) is 6. The van der Waals surface area contributed by atoms with E-state index in [4.69, 9.17) is 4.98 Å². The van der Waals surface area contributed by atoms with Crippen LogP contribution in [0.15, 0.2) is 24.3 Å². The van der Waals surface area contributed by atoms with E-state index in [1.165, 1.54) is 24.3 Å². The van der Waals surface area contributed by atoms with Crippen LogP contribution in [0.1, 0.15) is 47.7 Å². The van der Waals surface area contributed by atoms with Gasteiger partial charge in [0.05, 0.1) is 11.7 Å². The van der Waals surface area contributed by atoms with E-state index in [-0.39, 0.29) is 23.7 Å². The standard InChI is InChI=1S/C21H20F2N6O2S/c1-12-17-18(28-8-2-3-16(28)30)25-19(20-24-15(11-22)26-32-20)29(17)10-9-27(12)21(31)13-4-6-14(23)7-5-13/h4-7,12H,2-3,8-11H2,1H3/t12-/m1/s1. The minimum absolute atomic E-state index is 0.0201. The minimum atomic E-state index is -0.766. The van der Waals surface area contributed by atoms with Gasteiger partial charge in [0.25, 0.3) is 5.91 Å². The largest absolute Gasteiger partial charge is 0.328 e. The van der Waals surface area contributed by atoms with Crippen LogP contribution in [0.4, 0.5) is 14.6 Å². The predicted molar refractivity (Wildman–Crippen MR) is 113 cm³/mol. The first-order chi connectivity index (χ1) is 15.5. The second-order valence-electron chi connectivity index (χ2n) is 7.78. The van der Waals surface area contributed by atoms with Gasteiger partial charge < -0.3 is 9.47 Å². The van der Waals surface area contributed by atoms with Crippen LogP contribution in [0.2, 0.25) is 0 Å². The van der Waals surface area contributed by atoms with Crippen LogP contribution in [-0.2, 0) is 18.0 Å². The third-order valence-corrected chi connectivity index (χ3v) is 6.62. The van der Waals surface area contributed by atoms with E-state index < -0.39 is 12.5 Å². The Kier molecular flexibility index (Phi) is 5.20. The van der Waals surface area contributed by atoms with E-state index in [9.17, 15) is 18.4 Å². The van der Waals surface area contributed by atoms with Gasteiger partial charge in [-0.3, -0.25) is 14.5 Å². The van der Waals surface area contributed by atoms with Crippen molar-refractivity contribution in [3.05, 3.63) is 47.2 Å². The molecule has 2 amide bonds. The van der Waals surface area contributed by atoms with Gasteiger partial charge in [-0.05, 0) is 49.1 Å². The molecule has 2 aromatic heterocycles. The maximum absolute atomic E-state index is 13.3. The lowest BCUT2D eigenvalue weighted by Crippen LogP contribution is -2.42. The molecule has 166 valence electrons. The molecular weight excluding hydrogens is 438 g/mol. The van der Waals surface area contributed by atoms with Crippen LogP contribution in [0.25, 0.3) is 10.8 Å². The number of amides is 2. The summed E-state index contributed by atoms with van der Waals surface area (Å²) in [4.78, 5) is 38.0. The summed E-state index contributed by atoms with van der Waals surface area (Å²) >= 11 is 1.06. The SMILES string of the molecule is C[C@@H]1c2c(N3CCCC3=O)nc(-c3nc(CF)ns3)n2CCN1C(=O)c1ccc(F)cc1. The molecule has 5 rings (SSSR count). The van der Waals surface area contributed by atoms with Gasteiger partial charge in [-0.15, -0.1) is 0 Å². The highest BCUT2D eigenvalue weighted by Gasteiger charge is 2.38. The maximum Gasteiger partial charge on any atom is 0.254 e. The summed E-state index contributed by atoms with van der Waals surface area (Å²) in [5, 5.41) is 0.474. The number of aromatic nitrogens is 4. The van der Waals surface area contributed by atoms with Gasteiger partial charge in [-0.1, -0.05) is 0 Å². The molecule has 0 radical (unpaired) electrons. The molecule has 4 heterocycles. The van der Waals surface area contributed by atoms with E-state index in [0.29, 0.717) is 48.3 Å². The number of carbonyl (C=O) groups is 2. The van der Waals surface area contributed by atoms with E-state index in [2.05, 4.69) is 9.36 Å². The van der Waals surface area contributed by atoms with Crippen LogP contribution in [0, 0.1) is 5.82 Å². The van der Waals surface area contributed by atoms with Crippen molar-refractivity contribution < 1.29 is 18.4 Å². The average Bonchev–Trinajstić information content (AvgIpc) is 3.52. The van der Waals surface area contributed by atoms with Gasteiger partial charge in [-0.2, -0.15) is 4.37 Å². The molecule has 1 aromatic carbocycles. The zero-order chi connectivity index (χ0) is 22.4. The molecule has 0 saturated carbocycles. The number of benzene rings is 1. The van der Waals surface area contributed by atoms with E-state index in [1.807, 2.05) is 11.5 Å². The topological polar surface area (TPSA) is 84.2 Å². The molecule has 0 bridgehead atoms. The smallest absolute Gasteiger partial charge is 0.254 e. The number of halogens is 2.